The minimum Gasteiger partial charge on any atom is -0.343 e. The summed E-state index contributed by atoms with van der Waals surface area (Å²) < 4.78 is 24.5. The molecule has 7 heteroatoms. The highest BCUT2D eigenvalue weighted by molar-refractivity contribution is 7.95. The van der Waals surface area contributed by atoms with Crippen LogP contribution in [0.4, 0.5) is 5.82 Å². The Hall–Kier alpha value is -2.59. The second-order valence-corrected chi connectivity index (χ2v) is 5.94. The van der Waals surface area contributed by atoms with E-state index >= 15 is 0 Å². The second-order valence-electron chi connectivity index (χ2n) is 4.02. The quantitative estimate of drug-likeness (QED) is 0.838. The van der Waals surface area contributed by atoms with Gasteiger partial charge in [0.25, 0.3) is 0 Å². The third-order valence-electron chi connectivity index (χ3n) is 2.51. The monoisotopic (exact) mass is 288 g/mol. The smallest absolute Gasteiger partial charge is 0.218 e. The Balaban J connectivity index is 2.31. The topological polar surface area (TPSA) is 98.6 Å². The van der Waals surface area contributed by atoms with Crippen molar-refractivity contribution < 1.29 is 8.42 Å². The standard InChI is InChI=1S/C13H12N4O2S/c1-10-7-13(17-16-10)15-9-12(8-14)20(18,19)11-5-3-2-4-6-11/h2-7,9H,1H3,(H2,15,16,17)/b12-9+. The Morgan fingerprint density at radius 3 is 2.65 bits per heavy atom. The number of hydrogen-bond donors (Lipinski definition) is 2. The molecule has 0 aliphatic rings. The lowest BCUT2D eigenvalue weighted by Gasteiger charge is -2.02. The molecule has 20 heavy (non-hydrogen) atoms. The number of anilines is 1. The van der Waals surface area contributed by atoms with E-state index in [9.17, 15) is 8.42 Å². The van der Waals surface area contributed by atoms with Gasteiger partial charge in [-0.25, -0.2) is 8.42 Å². The van der Waals surface area contributed by atoms with Gasteiger partial charge >= 0.3 is 0 Å². The number of nitrogens with zero attached hydrogens (tertiary/aromatic N) is 2. The SMILES string of the molecule is Cc1cc(N/C=C(\C#N)S(=O)(=O)c2ccccc2)n[nH]1. The summed E-state index contributed by atoms with van der Waals surface area (Å²) in [5.74, 6) is 0.443. The van der Waals surface area contributed by atoms with E-state index in [1.165, 1.54) is 12.1 Å². The predicted octanol–water partition coefficient (Wildman–Crippen LogP) is 1.97. The maximum Gasteiger partial charge on any atom is 0.218 e. The zero-order valence-corrected chi connectivity index (χ0v) is 11.5. The van der Waals surface area contributed by atoms with Gasteiger partial charge in [0, 0.05) is 18.0 Å². The zero-order valence-electron chi connectivity index (χ0n) is 10.7. The predicted molar refractivity (Wildman–Crippen MR) is 74.3 cm³/mol. The summed E-state index contributed by atoms with van der Waals surface area (Å²) >= 11 is 0. The van der Waals surface area contributed by atoms with Gasteiger partial charge in [-0.1, -0.05) is 18.2 Å². The van der Waals surface area contributed by atoms with Crippen LogP contribution in [0.3, 0.4) is 0 Å². The summed E-state index contributed by atoms with van der Waals surface area (Å²) in [6.45, 7) is 1.81. The van der Waals surface area contributed by atoms with Crippen LogP contribution in [-0.2, 0) is 9.84 Å². The van der Waals surface area contributed by atoms with Gasteiger partial charge in [-0.05, 0) is 19.1 Å². The third-order valence-corrected chi connectivity index (χ3v) is 4.19. The number of nitriles is 1. The summed E-state index contributed by atoms with van der Waals surface area (Å²) in [6.07, 6.45) is 1.14. The number of H-pyrrole nitrogens is 1. The number of benzene rings is 1. The molecule has 0 radical (unpaired) electrons. The van der Waals surface area contributed by atoms with E-state index in [1.807, 2.05) is 6.92 Å². The minimum atomic E-state index is -3.81. The van der Waals surface area contributed by atoms with Gasteiger partial charge in [0.15, 0.2) is 10.7 Å². The van der Waals surface area contributed by atoms with Crippen molar-refractivity contribution in [3.05, 3.63) is 53.2 Å². The molecule has 0 saturated heterocycles. The highest BCUT2D eigenvalue weighted by Gasteiger charge is 2.20. The summed E-state index contributed by atoms with van der Waals surface area (Å²) in [6, 6.07) is 11.2. The molecule has 2 N–H and O–H groups in total. The summed E-state index contributed by atoms with van der Waals surface area (Å²) in [5.41, 5.74) is 0.824. The minimum absolute atomic E-state index is 0.0767. The van der Waals surface area contributed by atoms with Crippen LogP contribution in [0.25, 0.3) is 0 Å². The van der Waals surface area contributed by atoms with Crippen molar-refractivity contribution in [1.29, 1.82) is 5.26 Å². The van der Waals surface area contributed by atoms with E-state index in [4.69, 9.17) is 5.26 Å². The number of rotatable bonds is 4. The average Bonchev–Trinajstić information content (AvgIpc) is 2.86. The fourth-order valence-electron chi connectivity index (χ4n) is 1.53. The molecule has 2 rings (SSSR count). The van der Waals surface area contributed by atoms with Gasteiger partial charge in [-0.3, -0.25) is 5.10 Å². The first-order valence-electron chi connectivity index (χ1n) is 5.73. The van der Waals surface area contributed by atoms with Gasteiger partial charge in [0.1, 0.15) is 6.07 Å². The number of hydrogen-bond acceptors (Lipinski definition) is 5. The van der Waals surface area contributed by atoms with Gasteiger partial charge in [0.05, 0.1) is 4.90 Å². The first-order valence-corrected chi connectivity index (χ1v) is 7.21. The van der Waals surface area contributed by atoms with Crippen LogP contribution in [0.2, 0.25) is 0 Å². The molecule has 0 spiro atoms. The first-order chi connectivity index (χ1) is 9.54. The lowest BCUT2D eigenvalue weighted by Crippen LogP contribution is -2.05. The Morgan fingerprint density at radius 2 is 2.10 bits per heavy atom. The maximum atomic E-state index is 12.2. The lowest BCUT2D eigenvalue weighted by atomic mass is 10.4. The second kappa shape index (κ2) is 5.59. The fraction of sp³-hybridized carbons (Fsp3) is 0.0769. The average molecular weight is 288 g/mol. The molecular weight excluding hydrogens is 276 g/mol. The van der Waals surface area contributed by atoms with E-state index in [0.717, 1.165) is 11.9 Å². The molecule has 1 heterocycles. The number of nitrogens with one attached hydrogen (secondary N) is 2. The van der Waals surface area contributed by atoms with Crippen LogP contribution in [0.5, 0.6) is 0 Å². The van der Waals surface area contributed by atoms with E-state index in [1.54, 1.807) is 30.3 Å². The van der Waals surface area contributed by atoms with E-state index in [2.05, 4.69) is 15.5 Å². The first kappa shape index (κ1) is 13.8. The number of sulfone groups is 1. The Kier molecular flexibility index (Phi) is 3.86. The molecule has 0 aliphatic heterocycles. The molecule has 0 atom stereocenters. The van der Waals surface area contributed by atoms with Crippen molar-refractivity contribution in [1.82, 2.24) is 10.2 Å². The van der Waals surface area contributed by atoms with Crippen molar-refractivity contribution >= 4 is 15.7 Å². The number of allylic oxidation sites excluding steroid dienone is 1. The van der Waals surface area contributed by atoms with E-state index < -0.39 is 9.84 Å². The van der Waals surface area contributed by atoms with Gasteiger partial charge < -0.3 is 5.32 Å². The Bertz CT molecular complexity index is 770. The highest BCUT2D eigenvalue weighted by Crippen LogP contribution is 2.18. The van der Waals surface area contributed by atoms with Crippen molar-refractivity contribution in [2.24, 2.45) is 0 Å². The molecule has 0 saturated carbocycles. The molecule has 0 amide bonds. The zero-order chi connectivity index (χ0) is 14.6. The molecule has 1 aromatic carbocycles. The van der Waals surface area contributed by atoms with Crippen LogP contribution >= 0.6 is 0 Å². The Morgan fingerprint density at radius 1 is 1.40 bits per heavy atom. The Labute approximate surface area is 116 Å². The molecule has 1 aromatic heterocycles. The van der Waals surface area contributed by atoms with Crippen LogP contribution in [0.1, 0.15) is 5.69 Å². The van der Waals surface area contributed by atoms with Crippen LogP contribution in [-0.4, -0.2) is 18.6 Å². The largest absolute Gasteiger partial charge is 0.343 e. The molecule has 102 valence electrons. The lowest BCUT2D eigenvalue weighted by molar-refractivity contribution is 0.603. The summed E-state index contributed by atoms with van der Waals surface area (Å²) in [4.78, 5) is -0.294. The normalized spacial score (nSPS) is 11.9. The van der Waals surface area contributed by atoms with Gasteiger partial charge in [-0.15, -0.1) is 0 Å². The van der Waals surface area contributed by atoms with Gasteiger partial charge in [0.2, 0.25) is 9.84 Å². The van der Waals surface area contributed by atoms with Crippen LogP contribution in [0, 0.1) is 18.3 Å². The van der Waals surface area contributed by atoms with E-state index in [0.29, 0.717) is 5.82 Å². The third kappa shape index (κ3) is 2.87. The molecule has 0 bridgehead atoms. The molecule has 0 aliphatic carbocycles. The maximum absolute atomic E-state index is 12.2. The van der Waals surface area contributed by atoms with Gasteiger partial charge in [-0.2, -0.15) is 10.4 Å². The van der Waals surface area contributed by atoms with Crippen molar-refractivity contribution in [3.8, 4) is 6.07 Å². The summed E-state index contributed by atoms with van der Waals surface area (Å²) in [7, 11) is -3.81. The fourth-order valence-corrected chi connectivity index (χ4v) is 2.63. The van der Waals surface area contributed by atoms with Crippen LogP contribution < -0.4 is 5.32 Å². The molecule has 0 fully saturated rings. The molecule has 2 aromatic rings. The molecule has 6 nitrogen and oxygen atoms in total. The molecular formula is C13H12N4O2S. The summed E-state index contributed by atoms with van der Waals surface area (Å²) in [5, 5.41) is 18.3. The van der Waals surface area contributed by atoms with Crippen molar-refractivity contribution in [3.63, 3.8) is 0 Å². The number of aryl methyl sites for hydroxylation is 1. The van der Waals surface area contributed by atoms with E-state index in [-0.39, 0.29) is 9.80 Å². The number of aromatic nitrogens is 2. The number of aromatic amines is 1. The highest BCUT2D eigenvalue weighted by atomic mass is 32.2. The molecule has 0 unspecified atom stereocenters. The van der Waals surface area contributed by atoms with Crippen LogP contribution in [0.15, 0.2) is 52.4 Å². The van der Waals surface area contributed by atoms with Crippen molar-refractivity contribution in [2.45, 2.75) is 11.8 Å². The van der Waals surface area contributed by atoms with Crippen molar-refractivity contribution in [2.75, 3.05) is 5.32 Å².